The minimum atomic E-state index is -0.969. The largest absolute Gasteiger partial charge is 0.476 e. The van der Waals surface area contributed by atoms with E-state index in [9.17, 15) is 4.79 Å². The number of benzene rings is 1. The van der Waals surface area contributed by atoms with Gasteiger partial charge in [-0.25, -0.2) is 4.79 Å². The number of nitrogens with zero attached hydrogens (tertiary/aromatic N) is 2. The summed E-state index contributed by atoms with van der Waals surface area (Å²) in [5, 5.41) is 14.0. The van der Waals surface area contributed by atoms with Crippen molar-refractivity contribution >= 4 is 28.6 Å². The van der Waals surface area contributed by atoms with E-state index in [1.54, 1.807) is 10.7 Å². The van der Waals surface area contributed by atoms with Crippen LogP contribution in [0.3, 0.4) is 0 Å². The number of carbonyl (C=O) groups is 1. The predicted octanol–water partition coefficient (Wildman–Crippen LogP) is 2.49. The van der Waals surface area contributed by atoms with E-state index in [2.05, 4.69) is 12.0 Å². The van der Waals surface area contributed by atoms with E-state index in [0.717, 1.165) is 23.6 Å². The van der Waals surface area contributed by atoms with Gasteiger partial charge in [-0.15, -0.1) is 0 Å². The first-order valence-corrected chi connectivity index (χ1v) is 6.66. The van der Waals surface area contributed by atoms with Gasteiger partial charge in [0.2, 0.25) is 0 Å². The number of rotatable bonds is 5. The van der Waals surface area contributed by atoms with Crippen LogP contribution < -0.4 is 0 Å². The topological polar surface area (TPSA) is 55.1 Å². The monoisotopic (exact) mass is 250 g/mol. The Balaban J connectivity index is 2.38. The molecule has 0 aliphatic carbocycles. The highest BCUT2D eigenvalue weighted by Crippen LogP contribution is 2.18. The fraction of sp³-hybridized carbons (Fsp3) is 0.333. The van der Waals surface area contributed by atoms with Crippen LogP contribution in [0.4, 0.5) is 0 Å². The quantitative estimate of drug-likeness (QED) is 0.828. The second kappa shape index (κ2) is 5.23. The van der Waals surface area contributed by atoms with Gasteiger partial charge in [0.05, 0.1) is 12.1 Å². The third-order valence-electron chi connectivity index (χ3n) is 2.51. The van der Waals surface area contributed by atoms with Gasteiger partial charge in [0.15, 0.2) is 5.69 Å². The van der Waals surface area contributed by atoms with Crippen LogP contribution in [-0.4, -0.2) is 32.4 Å². The average molecular weight is 250 g/mol. The molecule has 0 amide bonds. The number of fused-ring (bicyclic) bond motifs is 1. The molecule has 1 aromatic carbocycles. The number of aromatic carboxylic acids is 1. The molecule has 2 aromatic rings. The molecule has 17 heavy (non-hydrogen) atoms. The van der Waals surface area contributed by atoms with Crippen molar-refractivity contribution in [2.45, 2.75) is 13.5 Å². The SMILES string of the molecule is CCSCCn1nc(C(=O)O)c2ccccc21. The highest BCUT2D eigenvalue weighted by molar-refractivity contribution is 7.99. The molecule has 0 saturated carbocycles. The van der Waals surface area contributed by atoms with Crippen LogP contribution in [0.15, 0.2) is 24.3 Å². The van der Waals surface area contributed by atoms with Crippen molar-refractivity contribution in [2.24, 2.45) is 0 Å². The third kappa shape index (κ3) is 2.44. The number of carboxylic acid groups (broad SMARTS) is 1. The molecule has 0 fully saturated rings. The Morgan fingerprint density at radius 2 is 2.24 bits per heavy atom. The lowest BCUT2D eigenvalue weighted by molar-refractivity contribution is 0.0691. The van der Waals surface area contributed by atoms with Crippen LogP contribution in [0, 0.1) is 0 Å². The van der Waals surface area contributed by atoms with E-state index in [4.69, 9.17) is 5.11 Å². The zero-order chi connectivity index (χ0) is 12.3. The van der Waals surface area contributed by atoms with Crippen molar-refractivity contribution in [1.29, 1.82) is 0 Å². The van der Waals surface area contributed by atoms with Crippen LogP contribution in [0.1, 0.15) is 17.4 Å². The molecule has 0 spiro atoms. The van der Waals surface area contributed by atoms with Gasteiger partial charge in [-0.2, -0.15) is 16.9 Å². The van der Waals surface area contributed by atoms with Gasteiger partial charge < -0.3 is 5.11 Å². The summed E-state index contributed by atoms with van der Waals surface area (Å²) in [6.07, 6.45) is 0. The third-order valence-corrected chi connectivity index (χ3v) is 3.39. The lowest BCUT2D eigenvalue weighted by Gasteiger charge is -2.01. The number of hydrogen-bond acceptors (Lipinski definition) is 3. The minimum Gasteiger partial charge on any atom is -0.476 e. The maximum atomic E-state index is 11.1. The van der Waals surface area contributed by atoms with E-state index < -0.39 is 5.97 Å². The molecule has 1 N–H and O–H groups in total. The molecule has 0 unspecified atom stereocenters. The molecular formula is C12H14N2O2S. The second-order valence-electron chi connectivity index (χ2n) is 3.59. The summed E-state index contributed by atoms with van der Waals surface area (Å²) in [5.74, 6) is 1.04. The molecule has 0 saturated heterocycles. The summed E-state index contributed by atoms with van der Waals surface area (Å²) >= 11 is 1.82. The van der Waals surface area contributed by atoms with E-state index in [1.165, 1.54) is 0 Å². The molecule has 0 aliphatic heterocycles. The Kier molecular flexibility index (Phi) is 3.68. The first-order chi connectivity index (χ1) is 8.24. The van der Waals surface area contributed by atoms with Crippen molar-refractivity contribution in [3.63, 3.8) is 0 Å². The maximum Gasteiger partial charge on any atom is 0.357 e. The number of thioether (sulfide) groups is 1. The predicted molar refractivity (Wildman–Crippen MR) is 69.7 cm³/mol. The van der Waals surface area contributed by atoms with Gasteiger partial charge in [0.1, 0.15) is 0 Å². The summed E-state index contributed by atoms with van der Waals surface area (Å²) < 4.78 is 1.78. The van der Waals surface area contributed by atoms with Gasteiger partial charge in [0.25, 0.3) is 0 Å². The summed E-state index contributed by atoms with van der Waals surface area (Å²) in [6.45, 7) is 2.85. The van der Waals surface area contributed by atoms with Crippen LogP contribution >= 0.6 is 11.8 Å². The fourth-order valence-electron chi connectivity index (χ4n) is 1.75. The first kappa shape index (κ1) is 12.0. The van der Waals surface area contributed by atoms with Gasteiger partial charge in [-0.3, -0.25) is 4.68 Å². The summed E-state index contributed by atoms with van der Waals surface area (Å²) in [4.78, 5) is 11.1. The lowest BCUT2D eigenvalue weighted by Crippen LogP contribution is -2.05. The average Bonchev–Trinajstić information content (AvgIpc) is 2.69. The summed E-state index contributed by atoms with van der Waals surface area (Å²) in [6, 6.07) is 7.45. The Labute approximate surface area is 104 Å². The summed E-state index contributed by atoms with van der Waals surface area (Å²) in [5.41, 5.74) is 1.03. The molecule has 0 bridgehead atoms. The molecule has 2 rings (SSSR count). The highest BCUT2D eigenvalue weighted by atomic mass is 32.2. The van der Waals surface area contributed by atoms with Gasteiger partial charge in [-0.1, -0.05) is 25.1 Å². The van der Waals surface area contributed by atoms with Crippen LogP contribution in [0.5, 0.6) is 0 Å². The number of aromatic nitrogens is 2. The van der Waals surface area contributed by atoms with Crippen molar-refractivity contribution < 1.29 is 9.90 Å². The highest BCUT2D eigenvalue weighted by Gasteiger charge is 2.15. The standard InChI is InChI=1S/C12H14N2O2S/c1-2-17-8-7-14-10-6-4-3-5-9(10)11(13-14)12(15)16/h3-6H,2,7-8H2,1H3,(H,15,16). The Hall–Kier alpha value is -1.49. The minimum absolute atomic E-state index is 0.141. The Bertz CT molecular complexity index is 536. The van der Waals surface area contributed by atoms with Crippen molar-refractivity contribution in [1.82, 2.24) is 9.78 Å². The molecule has 90 valence electrons. The van der Waals surface area contributed by atoms with Crippen molar-refractivity contribution in [2.75, 3.05) is 11.5 Å². The van der Waals surface area contributed by atoms with Crippen LogP contribution in [0.2, 0.25) is 0 Å². The van der Waals surface area contributed by atoms with Gasteiger partial charge in [0, 0.05) is 11.1 Å². The number of para-hydroxylation sites is 1. The Morgan fingerprint density at radius 3 is 2.94 bits per heavy atom. The van der Waals surface area contributed by atoms with Crippen molar-refractivity contribution in [3.05, 3.63) is 30.0 Å². The molecule has 1 heterocycles. The molecule has 0 atom stereocenters. The number of hydrogen-bond donors (Lipinski definition) is 1. The first-order valence-electron chi connectivity index (χ1n) is 5.50. The zero-order valence-corrected chi connectivity index (χ0v) is 10.4. The fourth-order valence-corrected chi connectivity index (χ4v) is 2.34. The number of aryl methyl sites for hydroxylation is 1. The van der Waals surface area contributed by atoms with E-state index in [-0.39, 0.29) is 5.69 Å². The summed E-state index contributed by atoms with van der Waals surface area (Å²) in [7, 11) is 0. The van der Waals surface area contributed by atoms with Crippen LogP contribution in [-0.2, 0) is 6.54 Å². The van der Waals surface area contributed by atoms with E-state index in [0.29, 0.717) is 5.39 Å². The van der Waals surface area contributed by atoms with Crippen molar-refractivity contribution in [3.8, 4) is 0 Å². The van der Waals surface area contributed by atoms with Gasteiger partial charge >= 0.3 is 5.97 Å². The zero-order valence-electron chi connectivity index (χ0n) is 9.59. The normalized spacial score (nSPS) is 10.9. The number of carboxylic acids is 1. The lowest BCUT2D eigenvalue weighted by atomic mass is 10.2. The second-order valence-corrected chi connectivity index (χ2v) is 4.98. The molecule has 1 aromatic heterocycles. The molecule has 0 aliphatic rings. The Morgan fingerprint density at radius 1 is 1.47 bits per heavy atom. The van der Waals surface area contributed by atoms with Crippen LogP contribution in [0.25, 0.3) is 10.9 Å². The van der Waals surface area contributed by atoms with E-state index >= 15 is 0 Å². The molecular weight excluding hydrogens is 236 g/mol. The molecule has 5 heteroatoms. The maximum absolute atomic E-state index is 11.1. The molecule has 0 radical (unpaired) electrons. The molecule has 4 nitrogen and oxygen atoms in total. The van der Waals surface area contributed by atoms with Gasteiger partial charge in [-0.05, 0) is 11.8 Å². The smallest absolute Gasteiger partial charge is 0.357 e. The van der Waals surface area contributed by atoms with E-state index in [1.807, 2.05) is 30.0 Å².